The molecule has 2 bridgehead atoms. The van der Waals surface area contributed by atoms with Crippen LogP contribution in [0.1, 0.15) is 38.7 Å². The summed E-state index contributed by atoms with van der Waals surface area (Å²) in [7, 11) is -3.70. The third-order valence-electron chi connectivity index (χ3n) is 6.83. The van der Waals surface area contributed by atoms with Crippen LogP contribution in [0.15, 0.2) is 30.3 Å². The van der Waals surface area contributed by atoms with Crippen LogP contribution in [0, 0.1) is 23.7 Å². The predicted molar refractivity (Wildman–Crippen MR) is 106 cm³/mol. The van der Waals surface area contributed by atoms with Gasteiger partial charge in [-0.05, 0) is 48.8 Å². The lowest BCUT2D eigenvalue weighted by molar-refractivity contribution is -0.128. The quantitative estimate of drug-likeness (QED) is 0.769. The Morgan fingerprint density at radius 2 is 2.00 bits per heavy atom. The summed E-state index contributed by atoms with van der Waals surface area (Å²) in [4.78, 5) is 19.5. The Kier molecular flexibility index (Phi) is 4.09. The number of ketones is 1. The van der Waals surface area contributed by atoms with Gasteiger partial charge in [-0.2, -0.15) is 0 Å². The summed E-state index contributed by atoms with van der Waals surface area (Å²) in [6, 6.07) is 9.52. The normalized spacial score (nSPS) is 26.6. The summed E-state index contributed by atoms with van der Waals surface area (Å²) < 4.78 is 25.5. The first-order valence-electron chi connectivity index (χ1n) is 9.30. The van der Waals surface area contributed by atoms with Crippen LogP contribution in [-0.4, -0.2) is 24.9 Å². The minimum absolute atomic E-state index is 0.0915. The lowest BCUT2D eigenvalue weighted by Gasteiger charge is -2.36. The molecule has 2 unspecified atom stereocenters. The molecule has 2 N–H and O–H groups in total. The number of nitrogens with zero attached hydrogens (tertiary/aromatic N) is 1. The van der Waals surface area contributed by atoms with Gasteiger partial charge in [0, 0.05) is 17.2 Å². The lowest BCUT2D eigenvalue weighted by atomic mass is 9.70. The molecule has 2 saturated carbocycles. The van der Waals surface area contributed by atoms with Crippen molar-refractivity contribution in [3.8, 4) is 0 Å². The van der Waals surface area contributed by atoms with E-state index in [1.54, 1.807) is 6.07 Å². The van der Waals surface area contributed by atoms with Gasteiger partial charge in [-0.15, -0.1) is 4.83 Å². The van der Waals surface area contributed by atoms with Gasteiger partial charge in [-0.25, -0.2) is 13.4 Å². The van der Waals surface area contributed by atoms with Crippen molar-refractivity contribution in [3.63, 3.8) is 0 Å². The van der Waals surface area contributed by atoms with Gasteiger partial charge >= 0.3 is 0 Å². The van der Waals surface area contributed by atoms with Crippen molar-refractivity contribution in [2.24, 2.45) is 16.7 Å². The number of carbonyl (C=O) groups is 1. The minimum atomic E-state index is -3.70. The van der Waals surface area contributed by atoms with Gasteiger partial charge in [0.25, 0.3) is 0 Å². The molecule has 7 heteroatoms. The van der Waals surface area contributed by atoms with E-state index >= 15 is 0 Å². The molecule has 1 heterocycles. The van der Waals surface area contributed by atoms with Crippen molar-refractivity contribution in [2.45, 2.75) is 40.0 Å². The summed E-state index contributed by atoms with van der Waals surface area (Å²) >= 11 is 0. The Morgan fingerprint density at radius 1 is 1.26 bits per heavy atom. The Balaban J connectivity index is 1.54. The van der Waals surface area contributed by atoms with Gasteiger partial charge in [-0.1, -0.05) is 32.0 Å². The van der Waals surface area contributed by atoms with E-state index in [4.69, 9.17) is 0 Å². The molecule has 144 valence electrons. The number of anilines is 1. The van der Waals surface area contributed by atoms with Crippen LogP contribution in [0.3, 0.4) is 0 Å². The third kappa shape index (κ3) is 2.84. The lowest BCUT2D eigenvalue weighted by Crippen LogP contribution is -2.46. The molecule has 0 aliphatic heterocycles. The highest BCUT2D eigenvalue weighted by Gasteiger charge is 2.65. The van der Waals surface area contributed by atoms with Crippen LogP contribution in [0.2, 0.25) is 0 Å². The van der Waals surface area contributed by atoms with Crippen LogP contribution in [0.5, 0.6) is 0 Å². The molecule has 2 fully saturated rings. The van der Waals surface area contributed by atoms with Gasteiger partial charge in [-0.3, -0.25) is 10.2 Å². The van der Waals surface area contributed by atoms with Gasteiger partial charge < -0.3 is 0 Å². The van der Waals surface area contributed by atoms with E-state index in [-0.39, 0.29) is 22.9 Å². The maximum Gasteiger partial charge on any atom is 0.229 e. The number of pyridine rings is 1. The zero-order chi connectivity index (χ0) is 19.4. The molecule has 2 aliphatic carbocycles. The van der Waals surface area contributed by atoms with Crippen LogP contribution in [0.25, 0.3) is 10.9 Å². The van der Waals surface area contributed by atoms with Crippen molar-refractivity contribution in [1.82, 2.24) is 9.82 Å². The first-order valence-corrected chi connectivity index (χ1v) is 11.0. The number of hydrazine groups is 1. The second-order valence-corrected chi connectivity index (χ2v) is 10.2. The highest BCUT2D eigenvalue weighted by atomic mass is 32.2. The number of benzene rings is 1. The number of aromatic nitrogens is 1. The molecular formula is C20H25N3O3S. The molecule has 2 aliphatic rings. The van der Waals surface area contributed by atoms with Crippen molar-refractivity contribution in [3.05, 3.63) is 35.9 Å². The summed E-state index contributed by atoms with van der Waals surface area (Å²) in [5.74, 6) is 0.641. The maximum absolute atomic E-state index is 12.8. The number of fused-ring (bicyclic) bond motifs is 3. The third-order valence-corrected chi connectivity index (χ3v) is 8.12. The standard InChI is InChI=1S/C20H25N3O3S/c1-13-10-18(21-16-7-5-4-6-15(13)16)22-23-27(25,26)12-20-9-8-14(11-17(20)24)19(20,2)3/h4-7,10,14,23H,8-9,11-12H2,1-3H3,(H,21,22). The molecule has 1 aromatic carbocycles. The fourth-order valence-corrected chi connectivity index (χ4v) is 6.67. The van der Waals surface area contributed by atoms with E-state index in [9.17, 15) is 13.2 Å². The Hall–Kier alpha value is -1.99. The van der Waals surface area contributed by atoms with Crippen molar-refractivity contribution in [1.29, 1.82) is 0 Å². The summed E-state index contributed by atoms with van der Waals surface area (Å²) in [6.07, 6.45) is 2.08. The van der Waals surface area contributed by atoms with Gasteiger partial charge in [0.05, 0.1) is 11.3 Å². The molecule has 6 nitrogen and oxygen atoms in total. The highest BCUT2D eigenvalue weighted by Crippen LogP contribution is 2.64. The smallest absolute Gasteiger partial charge is 0.229 e. The largest absolute Gasteiger partial charge is 0.299 e. The molecule has 0 amide bonds. The Labute approximate surface area is 159 Å². The fraction of sp³-hybridized carbons (Fsp3) is 0.500. The molecule has 1 aromatic heterocycles. The number of aryl methyl sites for hydroxylation is 1. The van der Waals surface area contributed by atoms with Gasteiger partial charge in [0.1, 0.15) is 11.6 Å². The number of Topliss-reactive ketones (excluding diaryl/α,β-unsaturated/α-hetero) is 1. The highest BCUT2D eigenvalue weighted by molar-refractivity contribution is 7.89. The first-order chi connectivity index (χ1) is 12.6. The number of nitrogens with one attached hydrogen (secondary N) is 2. The number of rotatable bonds is 5. The monoisotopic (exact) mass is 387 g/mol. The van der Waals surface area contributed by atoms with Crippen LogP contribution in [-0.2, 0) is 14.8 Å². The average Bonchev–Trinajstić information content (AvgIpc) is 2.94. The minimum Gasteiger partial charge on any atom is -0.299 e. The topological polar surface area (TPSA) is 88.2 Å². The summed E-state index contributed by atoms with van der Waals surface area (Å²) in [5.41, 5.74) is 3.47. The fourth-order valence-electron chi connectivity index (χ4n) is 5.01. The van der Waals surface area contributed by atoms with E-state index in [1.165, 1.54) is 0 Å². The number of carbonyl (C=O) groups excluding carboxylic acids is 1. The molecule has 27 heavy (non-hydrogen) atoms. The zero-order valence-electron chi connectivity index (χ0n) is 15.9. The maximum atomic E-state index is 12.8. The second kappa shape index (κ2) is 6.01. The van der Waals surface area contributed by atoms with Crippen LogP contribution < -0.4 is 10.3 Å². The SMILES string of the molecule is Cc1cc(NNS(=O)(=O)CC23CCC(CC2=O)C3(C)C)nc2ccccc12. The zero-order valence-corrected chi connectivity index (χ0v) is 16.7. The van der Waals surface area contributed by atoms with E-state index in [0.717, 1.165) is 22.9 Å². The average molecular weight is 388 g/mol. The second-order valence-electron chi connectivity index (χ2n) is 8.49. The molecular weight excluding hydrogens is 362 g/mol. The number of hydrogen-bond donors (Lipinski definition) is 2. The van der Waals surface area contributed by atoms with Crippen LogP contribution >= 0.6 is 0 Å². The summed E-state index contributed by atoms with van der Waals surface area (Å²) in [6.45, 7) is 6.03. The van der Waals surface area contributed by atoms with Gasteiger partial charge in [0.15, 0.2) is 0 Å². The molecule has 0 radical (unpaired) electrons. The van der Waals surface area contributed by atoms with Crippen molar-refractivity contribution >= 4 is 32.5 Å². The molecule has 0 spiro atoms. The molecule has 4 rings (SSSR count). The Bertz CT molecular complexity index is 1030. The Morgan fingerprint density at radius 3 is 2.67 bits per heavy atom. The van der Waals surface area contributed by atoms with Crippen molar-refractivity contribution in [2.75, 3.05) is 11.2 Å². The summed E-state index contributed by atoms with van der Waals surface area (Å²) in [5, 5.41) is 1.03. The van der Waals surface area contributed by atoms with E-state index < -0.39 is 15.4 Å². The van der Waals surface area contributed by atoms with Crippen LogP contribution in [0.4, 0.5) is 5.82 Å². The number of sulfonamides is 1. The van der Waals surface area contributed by atoms with Crippen molar-refractivity contribution < 1.29 is 13.2 Å². The van der Waals surface area contributed by atoms with E-state index in [1.807, 2.05) is 45.0 Å². The van der Waals surface area contributed by atoms with E-state index in [0.29, 0.717) is 18.7 Å². The number of para-hydroxylation sites is 1. The van der Waals surface area contributed by atoms with E-state index in [2.05, 4.69) is 15.2 Å². The molecule has 2 aromatic rings. The predicted octanol–water partition coefficient (Wildman–Crippen LogP) is 3.18. The molecule has 0 saturated heterocycles. The molecule has 2 atom stereocenters. The number of hydrogen-bond acceptors (Lipinski definition) is 5. The first kappa shape index (κ1) is 18.4. The van der Waals surface area contributed by atoms with Gasteiger partial charge in [0.2, 0.25) is 10.0 Å².